The van der Waals surface area contributed by atoms with Crippen molar-refractivity contribution in [2.24, 2.45) is 0 Å². The van der Waals surface area contributed by atoms with Gasteiger partial charge in [-0.2, -0.15) is 4.98 Å². The molecule has 1 aliphatic rings. The van der Waals surface area contributed by atoms with Crippen LogP contribution in [-0.4, -0.2) is 28.2 Å². The number of allylic oxidation sites excluding steroid dienone is 1. The van der Waals surface area contributed by atoms with Gasteiger partial charge in [-0.1, -0.05) is 41.1 Å². The Morgan fingerprint density at radius 1 is 1.09 bits per heavy atom. The molecular formula is C26H24N4O4. The van der Waals surface area contributed by atoms with Crippen LogP contribution in [0.5, 0.6) is 5.75 Å². The fourth-order valence-corrected chi connectivity index (χ4v) is 4.09. The number of hydrogen-bond donors (Lipinski definition) is 1. The molecule has 0 bridgehead atoms. The van der Waals surface area contributed by atoms with Crippen molar-refractivity contribution in [2.75, 3.05) is 7.11 Å². The molecule has 4 aromatic rings. The Balaban J connectivity index is 1.59. The Morgan fingerprint density at radius 2 is 1.91 bits per heavy atom. The Bertz CT molecular complexity index is 1340. The maximum absolute atomic E-state index is 13.1. The van der Waals surface area contributed by atoms with Gasteiger partial charge in [0.2, 0.25) is 5.82 Å². The van der Waals surface area contributed by atoms with Gasteiger partial charge in [0.1, 0.15) is 11.5 Å². The maximum Gasteiger partial charge on any atom is 0.322 e. The maximum atomic E-state index is 13.1. The summed E-state index contributed by atoms with van der Waals surface area (Å²) in [5.41, 5.74) is 4.27. The van der Waals surface area contributed by atoms with E-state index in [9.17, 15) is 4.79 Å². The molecular weight excluding hydrogens is 432 g/mol. The van der Waals surface area contributed by atoms with E-state index in [1.807, 2.05) is 68.4 Å². The zero-order valence-corrected chi connectivity index (χ0v) is 19.1. The standard InChI is InChI=1S/C26H24N4O4/c1-16-6-4-7-19(14-16)24-28-25(34-29-24)22-17(2)30(15-21-8-5-13-33-21)26(31)27-23(22)18-9-11-20(32-3)12-10-18/h4-14,23H,15H2,1-3H3,(H,27,31). The molecule has 8 heteroatoms. The zero-order valence-electron chi connectivity index (χ0n) is 19.1. The molecule has 0 saturated carbocycles. The van der Waals surface area contributed by atoms with Gasteiger partial charge in [-0.15, -0.1) is 0 Å². The number of nitrogens with zero attached hydrogens (tertiary/aromatic N) is 3. The lowest BCUT2D eigenvalue weighted by Crippen LogP contribution is -2.45. The second-order valence-corrected chi connectivity index (χ2v) is 8.11. The van der Waals surface area contributed by atoms with Crippen LogP contribution in [-0.2, 0) is 6.54 Å². The summed E-state index contributed by atoms with van der Waals surface area (Å²) in [6.07, 6.45) is 1.59. The molecule has 2 aromatic heterocycles. The summed E-state index contributed by atoms with van der Waals surface area (Å²) in [4.78, 5) is 19.4. The second kappa shape index (κ2) is 8.90. The molecule has 0 radical (unpaired) electrons. The number of aromatic nitrogens is 2. The van der Waals surface area contributed by atoms with E-state index in [1.54, 1.807) is 24.3 Å². The van der Waals surface area contributed by atoms with Crippen LogP contribution in [0, 0.1) is 6.92 Å². The third-order valence-corrected chi connectivity index (χ3v) is 5.87. The van der Waals surface area contributed by atoms with Gasteiger partial charge in [-0.05, 0) is 49.7 Å². The third kappa shape index (κ3) is 4.05. The van der Waals surface area contributed by atoms with E-state index in [-0.39, 0.29) is 12.6 Å². The fourth-order valence-electron chi connectivity index (χ4n) is 4.09. The Morgan fingerprint density at radius 3 is 2.62 bits per heavy atom. The number of ether oxygens (including phenoxy) is 1. The van der Waals surface area contributed by atoms with E-state index in [0.29, 0.717) is 23.2 Å². The molecule has 1 atom stereocenters. The van der Waals surface area contributed by atoms with Crippen LogP contribution in [0.3, 0.4) is 0 Å². The summed E-state index contributed by atoms with van der Waals surface area (Å²) in [6.45, 7) is 4.17. The SMILES string of the molecule is COc1ccc(C2NC(=O)N(Cc3ccco3)C(C)=C2c2nc(-c3cccc(C)c3)no2)cc1. The summed E-state index contributed by atoms with van der Waals surface area (Å²) in [5.74, 6) is 2.23. The molecule has 8 nitrogen and oxygen atoms in total. The van der Waals surface area contributed by atoms with Crippen LogP contribution < -0.4 is 10.1 Å². The van der Waals surface area contributed by atoms with Crippen molar-refractivity contribution in [3.05, 3.63) is 95.4 Å². The molecule has 3 heterocycles. The number of carbonyl (C=O) groups excluding carboxylic acids is 1. The van der Waals surface area contributed by atoms with Gasteiger partial charge in [0.15, 0.2) is 0 Å². The van der Waals surface area contributed by atoms with Crippen molar-refractivity contribution < 1.29 is 18.5 Å². The Kier molecular flexibility index (Phi) is 5.63. The number of urea groups is 1. The van der Waals surface area contributed by atoms with Crippen molar-refractivity contribution in [3.8, 4) is 17.1 Å². The van der Waals surface area contributed by atoms with Crippen molar-refractivity contribution in [1.29, 1.82) is 0 Å². The summed E-state index contributed by atoms with van der Waals surface area (Å²) < 4.78 is 16.5. The first-order valence-corrected chi connectivity index (χ1v) is 10.9. The Labute approximate surface area is 196 Å². The molecule has 2 aromatic carbocycles. The topological polar surface area (TPSA) is 93.6 Å². The molecule has 1 aliphatic heterocycles. The van der Waals surface area contributed by atoms with E-state index >= 15 is 0 Å². The molecule has 1 unspecified atom stereocenters. The minimum Gasteiger partial charge on any atom is -0.497 e. The highest BCUT2D eigenvalue weighted by Gasteiger charge is 2.36. The van der Waals surface area contributed by atoms with Gasteiger partial charge in [0, 0.05) is 11.3 Å². The predicted molar refractivity (Wildman–Crippen MR) is 126 cm³/mol. The monoisotopic (exact) mass is 456 g/mol. The van der Waals surface area contributed by atoms with E-state index in [0.717, 1.165) is 28.0 Å². The fraction of sp³-hybridized carbons (Fsp3) is 0.192. The van der Waals surface area contributed by atoms with Crippen LogP contribution in [0.25, 0.3) is 17.0 Å². The largest absolute Gasteiger partial charge is 0.497 e. The summed E-state index contributed by atoms with van der Waals surface area (Å²) >= 11 is 0. The molecule has 0 spiro atoms. The van der Waals surface area contributed by atoms with E-state index in [4.69, 9.17) is 18.7 Å². The minimum atomic E-state index is -0.475. The summed E-state index contributed by atoms with van der Waals surface area (Å²) in [5, 5.41) is 7.31. The third-order valence-electron chi connectivity index (χ3n) is 5.87. The van der Waals surface area contributed by atoms with Crippen LogP contribution in [0.15, 0.2) is 81.6 Å². The number of aryl methyl sites for hydroxylation is 1. The van der Waals surface area contributed by atoms with Crippen LogP contribution in [0.2, 0.25) is 0 Å². The number of benzene rings is 2. The first-order valence-electron chi connectivity index (χ1n) is 10.9. The van der Waals surface area contributed by atoms with Gasteiger partial charge in [-0.3, -0.25) is 4.90 Å². The summed E-state index contributed by atoms with van der Waals surface area (Å²) in [6, 6.07) is 18.4. The van der Waals surface area contributed by atoms with Crippen molar-refractivity contribution in [3.63, 3.8) is 0 Å². The Hall–Kier alpha value is -4.33. The number of furan rings is 1. The van der Waals surface area contributed by atoms with E-state index < -0.39 is 6.04 Å². The van der Waals surface area contributed by atoms with Crippen LogP contribution >= 0.6 is 0 Å². The lowest BCUT2D eigenvalue weighted by Gasteiger charge is -2.34. The molecule has 0 fully saturated rings. The molecule has 0 aliphatic carbocycles. The normalized spacial score (nSPS) is 16.0. The lowest BCUT2D eigenvalue weighted by atomic mass is 9.94. The van der Waals surface area contributed by atoms with Crippen molar-refractivity contribution >= 4 is 11.6 Å². The highest BCUT2D eigenvalue weighted by atomic mass is 16.5. The number of rotatable bonds is 6. The van der Waals surface area contributed by atoms with Crippen molar-refractivity contribution in [1.82, 2.24) is 20.4 Å². The number of carbonyl (C=O) groups is 1. The first-order chi connectivity index (χ1) is 16.5. The highest BCUT2D eigenvalue weighted by molar-refractivity contribution is 5.86. The minimum absolute atomic E-state index is 0.239. The second-order valence-electron chi connectivity index (χ2n) is 8.11. The number of nitrogens with one attached hydrogen (secondary N) is 1. The van der Waals surface area contributed by atoms with Gasteiger partial charge in [-0.25, -0.2) is 4.79 Å². The molecule has 1 N–H and O–H groups in total. The van der Waals surface area contributed by atoms with Gasteiger partial charge >= 0.3 is 6.03 Å². The average Bonchev–Trinajstić information content (AvgIpc) is 3.54. The lowest BCUT2D eigenvalue weighted by molar-refractivity contribution is 0.199. The summed E-state index contributed by atoms with van der Waals surface area (Å²) in [7, 11) is 1.62. The molecule has 5 rings (SSSR count). The van der Waals surface area contributed by atoms with Crippen LogP contribution in [0.4, 0.5) is 4.79 Å². The zero-order chi connectivity index (χ0) is 23.7. The van der Waals surface area contributed by atoms with Crippen LogP contribution in [0.1, 0.15) is 35.7 Å². The quantitative estimate of drug-likeness (QED) is 0.421. The predicted octanol–water partition coefficient (Wildman–Crippen LogP) is 5.34. The van der Waals surface area contributed by atoms with Gasteiger partial charge in [0.05, 0.1) is 31.5 Å². The number of hydrogen-bond acceptors (Lipinski definition) is 6. The van der Waals surface area contributed by atoms with Gasteiger partial charge in [0.25, 0.3) is 5.89 Å². The molecule has 0 saturated heterocycles. The highest BCUT2D eigenvalue weighted by Crippen LogP contribution is 2.38. The molecule has 2 amide bonds. The molecule has 34 heavy (non-hydrogen) atoms. The molecule has 172 valence electrons. The number of amides is 2. The average molecular weight is 457 g/mol. The van der Waals surface area contributed by atoms with E-state index in [2.05, 4.69) is 10.5 Å². The number of methoxy groups -OCH3 is 1. The van der Waals surface area contributed by atoms with Gasteiger partial charge < -0.3 is 19.0 Å². The van der Waals surface area contributed by atoms with E-state index in [1.165, 1.54) is 0 Å². The smallest absolute Gasteiger partial charge is 0.322 e. The van der Waals surface area contributed by atoms with Crippen molar-refractivity contribution in [2.45, 2.75) is 26.4 Å². The first kappa shape index (κ1) is 21.5.